The second-order valence-corrected chi connectivity index (χ2v) is 4.30. The van der Waals surface area contributed by atoms with Gasteiger partial charge in [0.05, 0.1) is 0 Å². The summed E-state index contributed by atoms with van der Waals surface area (Å²) in [6, 6.07) is 0. The van der Waals surface area contributed by atoms with E-state index in [1.807, 2.05) is 4.52 Å². The zero-order valence-electron chi connectivity index (χ0n) is 9.62. The first-order chi connectivity index (χ1) is 9.67. The highest BCUT2D eigenvalue weighted by atomic mass is 31.1. The second-order valence-electron chi connectivity index (χ2n) is 3.64. The van der Waals surface area contributed by atoms with E-state index in [4.69, 9.17) is 4.89 Å². The molecule has 0 saturated carbocycles. The molecule has 0 rings (SSSR count). The Bertz CT molecular complexity index is 469. The molecule has 0 radical (unpaired) electrons. The van der Waals surface area contributed by atoms with Crippen LogP contribution in [0.5, 0.6) is 0 Å². The van der Waals surface area contributed by atoms with Crippen LogP contribution in [0.4, 0.5) is 57.1 Å². The molecule has 1 unspecified atom stereocenters. The Balaban J connectivity index is 6.19. The van der Waals surface area contributed by atoms with E-state index in [-0.39, 0.29) is 0 Å². The zero-order valence-corrected chi connectivity index (χ0v) is 10.5. The van der Waals surface area contributed by atoms with Crippen LogP contribution in [0.25, 0.3) is 0 Å². The molecular formula is C6HF13O3P+. The summed E-state index contributed by atoms with van der Waals surface area (Å²) < 4.78 is 172. The van der Waals surface area contributed by atoms with Gasteiger partial charge in [-0.15, -0.1) is 4.89 Å². The van der Waals surface area contributed by atoms with Crippen molar-refractivity contribution in [1.82, 2.24) is 0 Å². The molecule has 0 spiro atoms. The maximum absolute atomic E-state index is 12.7. The lowest BCUT2D eigenvalue weighted by Crippen LogP contribution is -2.70. The highest BCUT2D eigenvalue weighted by Crippen LogP contribution is 2.61. The van der Waals surface area contributed by atoms with Crippen molar-refractivity contribution >= 4 is 8.25 Å². The predicted molar refractivity (Wildman–Crippen MR) is 41.7 cm³/mol. The normalized spacial score (nSPS) is 16.5. The van der Waals surface area contributed by atoms with Gasteiger partial charge < -0.3 is 0 Å². The van der Waals surface area contributed by atoms with Crippen molar-refractivity contribution in [3.8, 4) is 0 Å². The maximum Gasteiger partial charge on any atom is 0.701 e. The van der Waals surface area contributed by atoms with Gasteiger partial charge >= 0.3 is 44.2 Å². The zero-order chi connectivity index (χ0) is 19.3. The summed E-state index contributed by atoms with van der Waals surface area (Å²) in [5, 5.41) is 0. The molecule has 17 heteroatoms. The highest BCUT2D eigenvalue weighted by Gasteiger charge is 2.92. The van der Waals surface area contributed by atoms with Gasteiger partial charge in [-0.3, -0.25) is 0 Å². The Morgan fingerprint density at radius 3 is 1.17 bits per heavy atom. The van der Waals surface area contributed by atoms with Crippen LogP contribution in [0.3, 0.4) is 0 Å². The van der Waals surface area contributed by atoms with Gasteiger partial charge in [0.1, 0.15) is 0 Å². The Hall–Kier alpha value is -0.890. The van der Waals surface area contributed by atoms with Gasteiger partial charge in [0, 0.05) is 4.57 Å². The topological polar surface area (TPSA) is 46.5 Å². The molecule has 0 aliphatic heterocycles. The minimum atomic E-state index is -8.07. The van der Waals surface area contributed by atoms with Crippen LogP contribution in [0.2, 0.25) is 0 Å². The Labute approximate surface area is 117 Å². The third-order valence-electron chi connectivity index (χ3n) is 2.10. The average molecular weight is 399 g/mol. The summed E-state index contributed by atoms with van der Waals surface area (Å²) in [6.45, 7) is 0. The van der Waals surface area contributed by atoms with Crippen LogP contribution < -0.4 is 0 Å². The fourth-order valence-electron chi connectivity index (χ4n) is 0.911. The molecule has 0 aromatic carbocycles. The second kappa shape index (κ2) is 5.58. The van der Waals surface area contributed by atoms with E-state index < -0.39 is 44.2 Å². The first-order valence-corrected chi connectivity index (χ1v) is 5.61. The molecule has 0 bridgehead atoms. The fourth-order valence-corrected chi connectivity index (χ4v) is 1.22. The Kier molecular flexibility index (Phi) is 5.37. The molecule has 0 aromatic rings. The smallest absolute Gasteiger partial charge is 0.192 e. The number of hydrogen-bond acceptors (Lipinski definition) is 2. The molecule has 0 saturated heterocycles. The van der Waals surface area contributed by atoms with Gasteiger partial charge in [0.25, 0.3) is 0 Å². The third-order valence-corrected chi connectivity index (χ3v) is 2.48. The van der Waals surface area contributed by atoms with E-state index in [1.54, 1.807) is 0 Å². The average Bonchev–Trinajstić information content (AvgIpc) is 2.24. The van der Waals surface area contributed by atoms with Gasteiger partial charge in [0.15, 0.2) is 0 Å². The number of halogens is 13. The summed E-state index contributed by atoms with van der Waals surface area (Å²) >= 11 is 0. The summed E-state index contributed by atoms with van der Waals surface area (Å²) in [6.07, 6.45) is -14.5. The molecule has 1 atom stereocenters. The largest absolute Gasteiger partial charge is 0.701 e. The minimum Gasteiger partial charge on any atom is -0.192 e. The first kappa shape index (κ1) is 22.1. The van der Waals surface area contributed by atoms with Crippen molar-refractivity contribution in [2.45, 2.75) is 36.0 Å². The van der Waals surface area contributed by atoms with Crippen LogP contribution in [0.1, 0.15) is 0 Å². The Morgan fingerprint density at radius 2 is 0.913 bits per heavy atom. The van der Waals surface area contributed by atoms with E-state index >= 15 is 0 Å². The van der Waals surface area contributed by atoms with Crippen molar-refractivity contribution in [3.63, 3.8) is 0 Å². The lowest BCUT2D eigenvalue weighted by atomic mass is 9.97. The fraction of sp³-hybridized carbons (Fsp3) is 1.00. The SMILES string of the molecule is O=[P+](O)OC(F)(F)C(F)(F)C(F)(F)C(F)(F)C(F)(F)C(F)(F)F. The van der Waals surface area contributed by atoms with Crippen LogP contribution in [0.15, 0.2) is 0 Å². The van der Waals surface area contributed by atoms with E-state index in [9.17, 15) is 61.6 Å². The number of alkyl halides is 13. The highest BCUT2D eigenvalue weighted by molar-refractivity contribution is 7.32. The van der Waals surface area contributed by atoms with Gasteiger partial charge in [-0.2, -0.15) is 57.1 Å². The monoisotopic (exact) mass is 399 g/mol. The molecule has 3 nitrogen and oxygen atoms in total. The molecule has 138 valence electrons. The van der Waals surface area contributed by atoms with E-state index in [2.05, 4.69) is 0 Å². The maximum atomic E-state index is 12.7. The van der Waals surface area contributed by atoms with Crippen LogP contribution in [0, 0.1) is 0 Å². The number of hydrogen-bond donors (Lipinski definition) is 1. The van der Waals surface area contributed by atoms with Gasteiger partial charge in [-0.25, -0.2) is 0 Å². The summed E-state index contributed by atoms with van der Waals surface area (Å²) in [7, 11) is -4.85. The number of rotatable bonds is 6. The summed E-state index contributed by atoms with van der Waals surface area (Å²) in [5.41, 5.74) is 0. The first-order valence-electron chi connectivity index (χ1n) is 4.48. The lowest BCUT2D eigenvalue weighted by molar-refractivity contribution is -0.457. The Morgan fingerprint density at radius 1 is 0.609 bits per heavy atom. The van der Waals surface area contributed by atoms with Crippen LogP contribution in [-0.2, 0) is 9.09 Å². The summed E-state index contributed by atoms with van der Waals surface area (Å²) in [5.74, 6) is -31.7. The van der Waals surface area contributed by atoms with Crippen molar-refractivity contribution < 1.29 is 71.1 Å². The van der Waals surface area contributed by atoms with Crippen molar-refractivity contribution in [2.24, 2.45) is 0 Å². The molecular weight excluding hydrogens is 398 g/mol. The lowest BCUT2D eigenvalue weighted by Gasteiger charge is -2.37. The molecule has 0 fully saturated rings. The van der Waals surface area contributed by atoms with E-state index in [0.29, 0.717) is 0 Å². The predicted octanol–water partition coefficient (Wildman–Crippen LogP) is 4.35. The van der Waals surface area contributed by atoms with Crippen molar-refractivity contribution in [2.75, 3.05) is 0 Å². The minimum absolute atomic E-state index is 2.02. The summed E-state index contributed by atoms with van der Waals surface area (Å²) in [4.78, 5) is 7.72. The molecule has 0 aliphatic carbocycles. The molecule has 0 amide bonds. The molecule has 1 N–H and O–H groups in total. The molecule has 0 aromatic heterocycles. The van der Waals surface area contributed by atoms with Crippen LogP contribution >= 0.6 is 8.25 Å². The molecule has 0 aliphatic rings. The van der Waals surface area contributed by atoms with Gasteiger partial charge in [-0.1, -0.05) is 0 Å². The van der Waals surface area contributed by atoms with Crippen LogP contribution in [-0.4, -0.2) is 40.9 Å². The molecule has 23 heavy (non-hydrogen) atoms. The van der Waals surface area contributed by atoms with Gasteiger partial charge in [-0.05, 0) is 4.52 Å². The van der Waals surface area contributed by atoms with Crippen molar-refractivity contribution in [1.29, 1.82) is 0 Å². The molecule has 0 heterocycles. The third kappa shape index (κ3) is 3.20. The van der Waals surface area contributed by atoms with Gasteiger partial charge in [0.2, 0.25) is 0 Å². The van der Waals surface area contributed by atoms with Crippen molar-refractivity contribution in [3.05, 3.63) is 0 Å². The quantitative estimate of drug-likeness (QED) is 0.534. The van der Waals surface area contributed by atoms with E-state index in [1.165, 1.54) is 0 Å². The van der Waals surface area contributed by atoms with E-state index in [0.717, 1.165) is 0 Å². The standard InChI is InChI=1S/C6F13O3P/c7-1(8,3(11,12)5(15,16)17)2(9,10)4(13,14)6(18,19)22-23(20)21/p+1.